The molecule has 124 valence electrons. The van der Waals surface area contributed by atoms with E-state index in [-0.39, 0.29) is 5.56 Å². The van der Waals surface area contributed by atoms with E-state index < -0.39 is 0 Å². The zero-order chi connectivity index (χ0) is 17.4. The first-order chi connectivity index (χ1) is 12.2. The van der Waals surface area contributed by atoms with Crippen molar-refractivity contribution < 1.29 is 0 Å². The number of halogens is 1. The van der Waals surface area contributed by atoms with Crippen molar-refractivity contribution in [3.8, 4) is 11.4 Å². The van der Waals surface area contributed by atoms with E-state index in [1.165, 1.54) is 16.2 Å². The molecule has 2 aromatic heterocycles. The summed E-state index contributed by atoms with van der Waals surface area (Å²) in [6.45, 7) is 0. The van der Waals surface area contributed by atoms with E-state index in [9.17, 15) is 4.79 Å². The van der Waals surface area contributed by atoms with Gasteiger partial charge in [0.25, 0.3) is 5.56 Å². The summed E-state index contributed by atoms with van der Waals surface area (Å²) in [5.74, 6) is 0.533. The van der Waals surface area contributed by atoms with Crippen LogP contribution in [0.1, 0.15) is 5.56 Å². The largest absolute Gasteiger partial charge is 0.276 e. The van der Waals surface area contributed by atoms with E-state index in [0.717, 1.165) is 11.1 Å². The molecule has 4 nitrogen and oxygen atoms in total. The molecule has 0 spiro atoms. The van der Waals surface area contributed by atoms with Crippen LogP contribution in [0.25, 0.3) is 22.4 Å². The molecular formula is C18H12ClN3OS2. The predicted molar refractivity (Wildman–Crippen MR) is 105 cm³/mol. The summed E-state index contributed by atoms with van der Waals surface area (Å²) in [6, 6.07) is 15.3. The fourth-order valence-corrected chi connectivity index (χ4v) is 3.95. The molecular weight excluding hydrogens is 374 g/mol. The van der Waals surface area contributed by atoms with E-state index in [0.29, 0.717) is 20.3 Å². The second-order valence-corrected chi connectivity index (χ2v) is 7.66. The summed E-state index contributed by atoms with van der Waals surface area (Å²) < 4.78 is 2.19. The Bertz CT molecular complexity index is 1150. The van der Waals surface area contributed by atoms with Crippen molar-refractivity contribution in [2.45, 2.75) is 4.90 Å². The maximum atomic E-state index is 12.8. The Morgan fingerprint density at radius 3 is 2.48 bits per heavy atom. The Labute approximate surface area is 156 Å². The third-order valence-corrected chi connectivity index (χ3v) is 5.72. The highest BCUT2D eigenvalue weighted by molar-refractivity contribution is 7.98. The van der Waals surface area contributed by atoms with Gasteiger partial charge in [0.1, 0.15) is 0 Å². The van der Waals surface area contributed by atoms with Crippen LogP contribution < -0.4 is 10.1 Å². The van der Waals surface area contributed by atoms with E-state index >= 15 is 0 Å². The molecule has 0 aliphatic carbocycles. The van der Waals surface area contributed by atoms with E-state index in [2.05, 4.69) is 10.2 Å². The van der Waals surface area contributed by atoms with Crippen LogP contribution in [0.15, 0.2) is 58.2 Å². The second kappa shape index (κ2) is 6.63. The lowest BCUT2D eigenvalue weighted by atomic mass is 10.2. The average molecular weight is 386 g/mol. The molecule has 25 heavy (non-hydrogen) atoms. The molecule has 0 unspecified atom stereocenters. The standard InChI is InChI=1S/C18H12ClN3OS2/c1-24-14-8-2-11(3-9-14)10-15-17(23)22-16(20-21-18(22)25-15)12-4-6-13(19)7-5-12/h2-10H,1H3/b15-10+. The van der Waals surface area contributed by atoms with Crippen molar-refractivity contribution in [1.82, 2.24) is 14.6 Å². The van der Waals surface area contributed by atoms with Gasteiger partial charge in [0.05, 0.1) is 4.53 Å². The van der Waals surface area contributed by atoms with Gasteiger partial charge in [-0.2, -0.15) is 0 Å². The highest BCUT2D eigenvalue weighted by atomic mass is 35.5. The lowest BCUT2D eigenvalue weighted by Crippen LogP contribution is -2.23. The van der Waals surface area contributed by atoms with Crippen LogP contribution >= 0.6 is 34.7 Å². The molecule has 0 aliphatic heterocycles. The summed E-state index contributed by atoms with van der Waals surface area (Å²) in [5, 5.41) is 8.93. The molecule has 0 saturated heterocycles. The number of thioether (sulfide) groups is 1. The maximum Gasteiger partial charge on any atom is 0.276 e. The smallest absolute Gasteiger partial charge is 0.267 e. The zero-order valence-corrected chi connectivity index (χ0v) is 15.5. The fourth-order valence-electron chi connectivity index (χ4n) is 2.50. The number of rotatable bonds is 3. The number of fused-ring (bicyclic) bond motifs is 1. The number of thiazole rings is 1. The van der Waals surface area contributed by atoms with Gasteiger partial charge < -0.3 is 0 Å². The molecule has 0 saturated carbocycles. The lowest BCUT2D eigenvalue weighted by molar-refractivity contribution is 1.09. The molecule has 0 radical (unpaired) electrons. The Kier molecular flexibility index (Phi) is 4.33. The predicted octanol–water partition coefficient (Wildman–Crippen LogP) is 3.74. The minimum absolute atomic E-state index is 0.108. The van der Waals surface area contributed by atoms with Gasteiger partial charge in [-0.3, -0.25) is 4.79 Å². The molecule has 0 aliphatic rings. The van der Waals surface area contributed by atoms with Crippen LogP contribution in [0.5, 0.6) is 0 Å². The van der Waals surface area contributed by atoms with Crippen molar-refractivity contribution in [2.75, 3.05) is 6.26 Å². The third kappa shape index (κ3) is 3.08. The summed E-state index contributed by atoms with van der Waals surface area (Å²) in [5.41, 5.74) is 1.69. The first-order valence-electron chi connectivity index (χ1n) is 7.45. The highest BCUT2D eigenvalue weighted by Crippen LogP contribution is 2.20. The van der Waals surface area contributed by atoms with Crippen molar-refractivity contribution in [1.29, 1.82) is 0 Å². The molecule has 0 bridgehead atoms. The van der Waals surface area contributed by atoms with Crippen molar-refractivity contribution in [3.05, 3.63) is 74.0 Å². The van der Waals surface area contributed by atoms with E-state index in [1.54, 1.807) is 28.3 Å². The average Bonchev–Trinajstić information content (AvgIpc) is 3.17. The fraction of sp³-hybridized carbons (Fsp3) is 0.0556. The number of hydrogen-bond donors (Lipinski definition) is 0. The Morgan fingerprint density at radius 1 is 1.08 bits per heavy atom. The van der Waals surface area contributed by atoms with Crippen LogP contribution in [0.3, 0.4) is 0 Å². The van der Waals surface area contributed by atoms with E-state index in [4.69, 9.17) is 11.6 Å². The first kappa shape index (κ1) is 16.3. The monoisotopic (exact) mass is 385 g/mol. The number of aromatic nitrogens is 3. The summed E-state index contributed by atoms with van der Waals surface area (Å²) in [4.78, 5) is 14.6. The number of nitrogens with zero attached hydrogens (tertiary/aromatic N) is 3. The Morgan fingerprint density at radius 2 is 1.80 bits per heavy atom. The van der Waals surface area contributed by atoms with Crippen LogP contribution in [-0.2, 0) is 0 Å². The quantitative estimate of drug-likeness (QED) is 0.504. The normalized spacial score (nSPS) is 12.2. The Balaban J connectivity index is 1.84. The van der Waals surface area contributed by atoms with Crippen molar-refractivity contribution in [2.24, 2.45) is 0 Å². The van der Waals surface area contributed by atoms with Gasteiger partial charge in [-0.1, -0.05) is 35.1 Å². The molecule has 0 amide bonds. The summed E-state index contributed by atoms with van der Waals surface area (Å²) in [6.07, 6.45) is 3.92. The molecule has 7 heteroatoms. The summed E-state index contributed by atoms with van der Waals surface area (Å²) >= 11 is 8.95. The van der Waals surface area contributed by atoms with Crippen LogP contribution in [0.4, 0.5) is 0 Å². The molecule has 4 rings (SSSR count). The SMILES string of the molecule is CSc1ccc(/C=c2/sc3nnc(-c4ccc(Cl)cc4)n3c2=O)cc1. The molecule has 0 atom stereocenters. The van der Waals surface area contributed by atoms with Gasteiger partial charge in [0.2, 0.25) is 4.96 Å². The summed E-state index contributed by atoms with van der Waals surface area (Å²) in [7, 11) is 0. The Hall–Kier alpha value is -2.15. The highest BCUT2D eigenvalue weighted by Gasteiger charge is 2.14. The topological polar surface area (TPSA) is 47.3 Å². The van der Waals surface area contributed by atoms with Crippen molar-refractivity contribution >= 4 is 45.7 Å². The van der Waals surface area contributed by atoms with E-state index in [1.807, 2.05) is 48.7 Å². The lowest BCUT2D eigenvalue weighted by Gasteiger charge is -1.97. The van der Waals surface area contributed by atoms with Gasteiger partial charge in [-0.15, -0.1) is 22.0 Å². The minimum Gasteiger partial charge on any atom is -0.267 e. The molecule has 0 N–H and O–H groups in total. The number of hydrogen-bond acceptors (Lipinski definition) is 5. The molecule has 2 aromatic carbocycles. The van der Waals surface area contributed by atoms with Gasteiger partial charge in [-0.05, 0) is 54.3 Å². The van der Waals surface area contributed by atoms with Crippen LogP contribution in [0, 0.1) is 0 Å². The second-order valence-electron chi connectivity index (χ2n) is 5.34. The van der Waals surface area contributed by atoms with Crippen LogP contribution in [0.2, 0.25) is 5.02 Å². The minimum atomic E-state index is -0.108. The van der Waals surface area contributed by atoms with Gasteiger partial charge >= 0.3 is 0 Å². The molecule has 2 heterocycles. The van der Waals surface area contributed by atoms with Gasteiger partial charge in [0.15, 0.2) is 5.82 Å². The molecule has 4 aromatic rings. The number of benzene rings is 2. The first-order valence-corrected chi connectivity index (χ1v) is 9.87. The maximum absolute atomic E-state index is 12.8. The van der Waals surface area contributed by atoms with Crippen molar-refractivity contribution in [3.63, 3.8) is 0 Å². The van der Waals surface area contributed by atoms with Gasteiger partial charge in [0, 0.05) is 15.5 Å². The third-order valence-electron chi connectivity index (χ3n) is 3.76. The molecule has 0 fully saturated rings. The van der Waals surface area contributed by atoms with Gasteiger partial charge in [-0.25, -0.2) is 4.40 Å². The van der Waals surface area contributed by atoms with Crippen LogP contribution in [-0.4, -0.2) is 20.9 Å². The zero-order valence-electron chi connectivity index (χ0n) is 13.1.